The molecule has 0 aromatic carbocycles. The third-order valence-corrected chi connectivity index (χ3v) is 1.88. The smallest absolute Gasteiger partial charge is 0.125 e. The highest BCUT2D eigenvalue weighted by Crippen LogP contribution is 2.20. The van der Waals surface area contributed by atoms with Crippen molar-refractivity contribution in [2.75, 3.05) is 5.73 Å². The Morgan fingerprint density at radius 1 is 1.14 bits per heavy atom. The molecule has 0 saturated heterocycles. The van der Waals surface area contributed by atoms with E-state index in [-0.39, 0.29) is 0 Å². The molecule has 0 spiro atoms. The Labute approximate surface area is 85.8 Å². The monoisotopic (exact) mass is 206 g/mol. The van der Waals surface area contributed by atoms with Crippen LogP contribution in [0.25, 0.3) is 11.3 Å². The van der Waals surface area contributed by atoms with Crippen LogP contribution in [0.15, 0.2) is 30.9 Å². The number of nitrogen functional groups attached to an aromatic ring is 1. The van der Waals surface area contributed by atoms with Crippen LogP contribution in [0, 0.1) is 0 Å². The molecule has 2 N–H and O–H groups in total. The summed E-state index contributed by atoms with van der Waals surface area (Å²) in [5.74, 6) is 0.386. The van der Waals surface area contributed by atoms with Crippen molar-refractivity contribution in [3.63, 3.8) is 0 Å². The Hall–Kier alpha value is -1.68. The Kier molecular flexibility index (Phi) is 2.28. The maximum Gasteiger partial charge on any atom is 0.125 e. The first-order valence-corrected chi connectivity index (χ1v) is 4.32. The van der Waals surface area contributed by atoms with Crippen LogP contribution < -0.4 is 5.73 Å². The van der Waals surface area contributed by atoms with E-state index >= 15 is 0 Å². The van der Waals surface area contributed by atoms with E-state index in [9.17, 15) is 0 Å². The summed E-state index contributed by atoms with van der Waals surface area (Å²) in [6, 6.07) is 3.31. The molecule has 2 aromatic rings. The molecule has 0 amide bonds. The van der Waals surface area contributed by atoms with Crippen LogP contribution in [-0.2, 0) is 0 Å². The average Bonchev–Trinajstić information content (AvgIpc) is 2.18. The Morgan fingerprint density at radius 2 is 1.86 bits per heavy atom. The maximum atomic E-state index is 5.84. The van der Waals surface area contributed by atoms with Gasteiger partial charge in [0.25, 0.3) is 0 Å². The van der Waals surface area contributed by atoms with Crippen molar-refractivity contribution in [2.24, 2.45) is 0 Å². The molecule has 0 radical (unpaired) electrons. The van der Waals surface area contributed by atoms with Crippen LogP contribution in [-0.4, -0.2) is 15.0 Å². The minimum atomic E-state index is 0.386. The fourth-order valence-corrected chi connectivity index (χ4v) is 1.31. The van der Waals surface area contributed by atoms with Crippen molar-refractivity contribution in [3.8, 4) is 11.3 Å². The van der Waals surface area contributed by atoms with E-state index in [0.29, 0.717) is 16.5 Å². The summed E-state index contributed by atoms with van der Waals surface area (Å²) < 4.78 is 0. The van der Waals surface area contributed by atoms with E-state index in [1.807, 2.05) is 0 Å². The van der Waals surface area contributed by atoms with Gasteiger partial charge in [0, 0.05) is 23.0 Å². The minimum Gasteiger partial charge on any atom is -0.384 e. The fraction of sp³-hybridized carbons (Fsp3) is 0. The van der Waals surface area contributed by atoms with E-state index in [0.717, 1.165) is 5.56 Å². The molecule has 5 heteroatoms. The molecule has 2 rings (SSSR count). The molecule has 0 bridgehead atoms. The minimum absolute atomic E-state index is 0.386. The molecular weight excluding hydrogens is 200 g/mol. The standard InChI is InChI=1S/C9H7ClN4/c10-7-1-8(14-9(11)2-7)6-3-12-5-13-4-6/h1-5H,(H2,11,14). The number of nitrogens with zero attached hydrogens (tertiary/aromatic N) is 3. The summed E-state index contributed by atoms with van der Waals surface area (Å²) in [5.41, 5.74) is 7.03. The first-order valence-electron chi connectivity index (χ1n) is 3.94. The van der Waals surface area contributed by atoms with Crippen LogP contribution in [0.2, 0.25) is 5.02 Å². The van der Waals surface area contributed by atoms with E-state index in [2.05, 4.69) is 15.0 Å². The van der Waals surface area contributed by atoms with Gasteiger partial charge in [0.1, 0.15) is 12.1 Å². The largest absolute Gasteiger partial charge is 0.384 e. The van der Waals surface area contributed by atoms with Crippen molar-refractivity contribution >= 4 is 17.4 Å². The zero-order valence-electron chi connectivity index (χ0n) is 7.18. The van der Waals surface area contributed by atoms with Gasteiger partial charge < -0.3 is 5.73 Å². The summed E-state index contributed by atoms with van der Waals surface area (Å²) in [6.07, 6.45) is 4.77. The number of halogens is 1. The summed E-state index contributed by atoms with van der Waals surface area (Å²) >= 11 is 5.84. The summed E-state index contributed by atoms with van der Waals surface area (Å²) in [5, 5.41) is 0.552. The van der Waals surface area contributed by atoms with Crippen molar-refractivity contribution in [3.05, 3.63) is 35.9 Å². The predicted molar refractivity (Wildman–Crippen MR) is 54.7 cm³/mol. The number of nitrogens with two attached hydrogens (primary N) is 1. The number of anilines is 1. The van der Waals surface area contributed by atoms with Crippen LogP contribution in [0.4, 0.5) is 5.82 Å². The number of hydrogen-bond acceptors (Lipinski definition) is 4. The van der Waals surface area contributed by atoms with E-state index < -0.39 is 0 Å². The second kappa shape index (κ2) is 3.59. The summed E-state index contributed by atoms with van der Waals surface area (Å²) in [7, 11) is 0. The van der Waals surface area contributed by atoms with E-state index in [1.165, 1.54) is 6.33 Å². The number of aromatic nitrogens is 3. The summed E-state index contributed by atoms with van der Waals surface area (Å²) in [6.45, 7) is 0. The molecule has 14 heavy (non-hydrogen) atoms. The topological polar surface area (TPSA) is 64.7 Å². The molecule has 0 atom stereocenters. The van der Waals surface area contributed by atoms with E-state index in [4.69, 9.17) is 17.3 Å². The summed E-state index contributed by atoms with van der Waals surface area (Å²) in [4.78, 5) is 11.9. The average molecular weight is 207 g/mol. The van der Waals surface area contributed by atoms with Crippen molar-refractivity contribution in [1.29, 1.82) is 0 Å². The molecule has 2 heterocycles. The Balaban J connectivity index is 2.52. The van der Waals surface area contributed by atoms with Gasteiger partial charge >= 0.3 is 0 Å². The second-order valence-electron chi connectivity index (χ2n) is 2.72. The third-order valence-electron chi connectivity index (χ3n) is 1.67. The fourth-order valence-electron chi connectivity index (χ4n) is 1.10. The van der Waals surface area contributed by atoms with Crippen molar-refractivity contribution in [2.45, 2.75) is 0 Å². The Bertz CT molecular complexity index is 424. The van der Waals surface area contributed by atoms with Crippen LogP contribution in [0.1, 0.15) is 0 Å². The third kappa shape index (κ3) is 1.80. The van der Waals surface area contributed by atoms with Crippen molar-refractivity contribution in [1.82, 2.24) is 15.0 Å². The zero-order valence-corrected chi connectivity index (χ0v) is 7.94. The van der Waals surface area contributed by atoms with Crippen LogP contribution >= 0.6 is 11.6 Å². The van der Waals surface area contributed by atoms with Gasteiger partial charge in [0.15, 0.2) is 0 Å². The van der Waals surface area contributed by atoms with Gasteiger partial charge in [-0.25, -0.2) is 15.0 Å². The first kappa shape index (κ1) is 8.90. The highest BCUT2D eigenvalue weighted by Gasteiger charge is 2.02. The lowest BCUT2D eigenvalue weighted by atomic mass is 10.2. The molecule has 2 aromatic heterocycles. The maximum absolute atomic E-state index is 5.84. The predicted octanol–water partition coefficient (Wildman–Crippen LogP) is 1.77. The quantitative estimate of drug-likeness (QED) is 0.773. The van der Waals surface area contributed by atoms with Gasteiger partial charge in [-0.15, -0.1) is 0 Å². The number of rotatable bonds is 1. The number of hydrogen-bond donors (Lipinski definition) is 1. The second-order valence-corrected chi connectivity index (χ2v) is 3.16. The molecular formula is C9H7ClN4. The van der Waals surface area contributed by atoms with Gasteiger partial charge in [0.2, 0.25) is 0 Å². The van der Waals surface area contributed by atoms with Crippen molar-refractivity contribution < 1.29 is 0 Å². The van der Waals surface area contributed by atoms with E-state index in [1.54, 1.807) is 24.5 Å². The molecule has 0 aliphatic carbocycles. The van der Waals surface area contributed by atoms with Crippen LogP contribution in [0.3, 0.4) is 0 Å². The van der Waals surface area contributed by atoms with Gasteiger partial charge in [-0.1, -0.05) is 11.6 Å². The number of pyridine rings is 1. The van der Waals surface area contributed by atoms with Gasteiger partial charge in [0.05, 0.1) is 5.69 Å². The van der Waals surface area contributed by atoms with Gasteiger partial charge in [-0.05, 0) is 12.1 Å². The lowest BCUT2D eigenvalue weighted by Gasteiger charge is -2.01. The first-order chi connectivity index (χ1) is 6.75. The highest BCUT2D eigenvalue weighted by atomic mass is 35.5. The molecule has 0 aliphatic rings. The zero-order chi connectivity index (χ0) is 9.97. The molecule has 0 fully saturated rings. The lowest BCUT2D eigenvalue weighted by Crippen LogP contribution is -1.92. The Morgan fingerprint density at radius 3 is 2.50 bits per heavy atom. The van der Waals surface area contributed by atoms with Gasteiger partial charge in [-0.3, -0.25) is 0 Å². The SMILES string of the molecule is Nc1cc(Cl)cc(-c2cncnc2)n1. The highest BCUT2D eigenvalue weighted by molar-refractivity contribution is 6.31. The normalized spacial score (nSPS) is 10.1. The molecule has 70 valence electrons. The molecule has 0 saturated carbocycles. The molecule has 0 unspecified atom stereocenters. The molecule has 0 aliphatic heterocycles. The molecule has 4 nitrogen and oxygen atoms in total. The lowest BCUT2D eigenvalue weighted by molar-refractivity contribution is 1.16. The van der Waals surface area contributed by atoms with Crippen LogP contribution in [0.5, 0.6) is 0 Å². The van der Waals surface area contributed by atoms with Gasteiger partial charge in [-0.2, -0.15) is 0 Å².